The number of hydrogen-bond acceptors (Lipinski definition) is 4. The Morgan fingerprint density at radius 3 is 3.00 bits per heavy atom. The quantitative estimate of drug-likeness (QED) is 0.903. The molecule has 2 N–H and O–H groups in total. The summed E-state index contributed by atoms with van der Waals surface area (Å²) in [6, 6.07) is 0. The standard InChI is InChI=1S/C16H20N4O2/c1-9-7-17-13(10(2)15(9)22-3)8-18-16(21)14-11-5-4-6-12(11)19-20-14/h7H,4-6,8H2,1-3H3,(H,18,21)(H,19,20). The molecule has 2 aromatic rings. The number of amides is 1. The number of H-pyrrole nitrogens is 1. The molecule has 1 aliphatic rings. The Hall–Kier alpha value is -2.37. The van der Waals surface area contributed by atoms with Gasteiger partial charge in [-0.15, -0.1) is 0 Å². The van der Waals surface area contributed by atoms with Gasteiger partial charge in [0.1, 0.15) is 5.75 Å². The maximum atomic E-state index is 12.3. The van der Waals surface area contributed by atoms with Crippen molar-refractivity contribution in [1.29, 1.82) is 0 Å². The van der Waals surface area contributed by atoms with Crippen LogP contribution < -0.4 is 10.1 Å². The first-order valence-electron chi connectivity index (χ1n) is 7.45. The van der Waals surface area contributed by atoms with E-state index in [0.717, 1.165) is 53.1 Å². The molecule has 116 valence electrons. The zero-order valence-electron chi connectivity index (χ0n) is 13.1. The van der Waals surface area contributed by atoms with Gasteiger partial charge in [-0.25, -0.2) is 0 Å². The minimum atomic E-state index is -0.153. The van der Waals surface area contributed by atoms with E-state index in [1.807, 2.05) is 13.8 Å². The molecule has 0 aromatic carbocycles. The van der Waals surface area contributed by atoms with Crippen LogP contribution in [0.25, 0.3) is 0 Å². The Kier molecular flexibility index (Phi) is 3.83. The number of nitrogens with zero attached hydrogens (tertiary/aromatic N) is 2. The monoisotopic (exact) mass is 300 g/mol. The van der Waals surface area contributed by atoms with Crippen molar-refractivity contribution < 1.29 is 9.53 Å². The lowest BCUT2D eigenvalue weighted by molar-refractivity contribution is 0.0944. The molecule has 0 saturated carbocycles. The van der Waals surface area contributed by atoms with Gasteiger partial charge in [0, 0.05) is 28.6 Å². The lowest BCUT2D eigenvalue weighted by atomic mass is 10.1. The van der Waals surface area contributed by atoms with Crippen LogP contribution in [0, 0.1) is 13.8 Å². The van der Waals surface area contributed by atoms with Gasteiger partial charge in [-0.05, 0) is 33.1 Å². The number of pyridine rings is 1. The largest absolute Gasteiger partial charge is 0.496 e. The average Bonchev–Trinajstić information content (AvgIpc) is 3.09. The van der Waals surface area contributed by atoms with Gasteiger partial charge in [-0.1, -0.05) is 0 Å². The van der Waals surface area contributed by atoms with Crippen LogP contribution >= 0.6 is 0 Å². The summed E-state index contributed by atoms with van der Waals surface area (Å²) in [4.78, 5) is 16.7. The number of ether oxygens (including phenoxy) is 1. The third-order valence-electron chi connectivity index (χ3n) is 4.19. The smallest absolute Gasteiger partial charge is 0.272 e. The number of fused-ring (bicyclic) bond motifs is 1. The first kappa shape index (κ1) is 14.6. The maximum Gasteiger partial charge on any atom is 0.272 e. The molecule has 22 heavy (non-hydrogen) atoms. The molecule has 0 aliphatic heterocycles. The zero-order chi connectivity index (χ0) is 15.7. The van der Waals surface area contributed by atoms with Crippen LogP contribution in [0.2, 0.25) is 0 Å². The molecule has 0 atom stereocenters. The number of rotatable bonds is 4. The van der Waals surface area contributed by atoms with Crippen molar-refractivity contribution in [2.75, 3.05) is 7.11 Å². The molecule has 6 heteroatoms. The predicted octanol–water partition coefficient (Wildman–Crippen LogP) is 1.85. The molecule has 0 bridgehead atoms. The van der Waals surface area contributed by atoms with Gasteiger partial charge in [-0.3, -0.25) is 14.9 Å². The van der Waals surface area contributed by atoms with Crippen molar-refractivity contribution in [3.05, 3.63) is 40.0 Å². The van der Waals surface area contributed by atoms with Crippen LogP contribution in [-0.4, -0.2) is 28.2 Å². The number of aromatic nitrogens is 3. The number of carbonyl (C=O) groups is 1. The van der Waals surface area contributed by atoms with Crippen molar-refractivity contribution in [3.63, 3.8) is 0 Å². The second-order valence-electron chi connectivity index (χ2n) is 5.61. The number of aromatic amines is 1. The van der Waals surface area contributed by atoms with Gasteiger partial charge in [0.2, 0.25) is 0 Å². The van der Waals surface area contributed by atoms with Gasteiger partial charge in [0.25, 0.3) is 5.91 Å². The third kappa shape index (κ3) is 2.45. The van der Waals surface area contributed by atoms with Crippen LogP contribution in [0.1, 0.15) is 45.0 Å². The molecule has 1 amide bonds. The molecule has 6 nitrogen and oxygen atoms in total. The van der Waals surface area contributed by atoms with Crippen molar-refractivity contribution in [1.82, 2.24) is 20.5 Å². The van der Waals surface area contributed by atoms with E-state index in [0.29, 0.717) is 12.2 Å². The minimum Gasteiger partial charge on any atom is -0.496 e. The highest BCUT2D eigenvalue weighted by Gasteiger charge is 2.23. The number of hydrogen-bond donors (Lipinski definition) is 2. The van der Waals surface area contributed by atoms with Crippen molar-refractivity contribution in [2.24, 2.45) is 0 Å². The van der Waals surface area contributed by atoms with Crippen LogP contribution in [0.5, 0.6) is 5.75 Å². The van der Waals surface area contributed by atoms with E-state index in [1.165, 1.54) is 0 Å². The molecule has 2 heterocycles. The molecular weight excluding hydrogens is 280 g/mol. The van der Waals surface area contributed by atoms with Crippen molar-refractivity contribution in [2.45, 2.75) is 39.7 Å². The van der Waals surface area contributed by atoms with E-state index >= 15 is 0 Å². The van der Waals surface area contributed by atoms with Gasteiger partial charge >= 0.3 is 0 Å². The molecule has 0 unspecified atom stereocenters. The van der Waals surface area contributed by atoms with Crippen LogP contribution in [0.15, 0.2) is 6.20 Å². The molecule has 3 rings (SSSR count). The fourth-order valence-electron chi connectivity index (χ4n) is 3.00. The molecule has 0 radical (unpaired) electrons. The van der Waals surface area contributed by atoms with Gasteiger partial charge in [-0.2, -0.15) is 5.10 Å². The third-order valence-corrected chi connectivity index (χ3v) is 4.19. The number of aryl methyl sites for hydroxylation is 2. The summed E-state index contributed by atoms with van der Waals surface area (Å²) in [5.41, 5.74) is 5.42. The van der Waals surface area contributed by atoms with E-state index in [1.54, 1.807) is 13.3 Å². The van der Waals surface area contributed by atoms with E-state index < -0.39 is 0 Å². The molecule has 0 spiro atoms. The first-order chi connectivity index (χ1) is 10.6. The Balaban J connectivity index is 1.74. The molecule has 0 saturated heterocycles. The number of carbonyl (C=O) groups excluding carboxylic acids is 1. The first-order valence-corrected chi connectivity index (χ1v) is 7.45. The number of methoxy groups -OCH3 is 1. The average molecular weight is 300 g/mol. The van der Waals surface area contributed by atoms with E-state index in [9.17, 15) is 4.79 Å². The highest BCUT2D eigenvalue weighted by molar-refractivity contribution is 5.94. The van der Waals surface area contributed by atoms with E-state index in [4.69, 9.17) is 4.74 Å². The Labute approximate surface area is 129 Å². The molecule has 0 fully saturated rings. The summed E-state index contributed by atoms with van der Waals surface area (Å²) in [7, 11) is 1.64. The normalized spacial score (nSPS) is 13.0. The predicted molar refractivity (Wildman–Crippen MR) is 82.0 cm³/mol. The van der Waals surface area contributed by atoms with Crippen LogP contribution in [0.4, 0.5) is 0 Å². The van der Waals surface area contributed by atoms with Crippen molar-refractivity contribution in [3.8, 4) is 5.75 Å². The second-order valence-corrected chi connectivity index (χ2v) is 5.61. The Morgan fingerprint density at radius 1 is 1.41 bits per heavy atom. The fraction of sp³-hybridized carbons (Fsp3) is 0.438. The van der Waals surface area contributed by atoms with E-state index in [2.05, 4.69) is 20.5 Å². The summed E-state index contributed by atoms with van der Waals surface area (Å²) in [6.45, 7) is 4.27. The summed E-state index contributed by atoms with van der Waals surface area (Å²) < 4.78 is 5.39. The highest BCUT2D eigenvalue weighted by Crippen LogP contribution is 2.24. The topological polar surface area (TPSA) is 79.9 Å². The summed E-state index contributed by atoms with van der Waals surface area (Å²) in [5.74, 6) is 0.667. The van der Waals surface area contributed by atoms with Crippen LogP contribution in [0.3, 0.4) is 0 Å². The SMILES string of the molecule is COc1c(C)cnc(CNC(=O)c2n[nH]c3c2CCC3)c1C. The fourth-order valence-corrected chi connectivity index (χ4v) is 3.00. The Bertz CT molecular complexity index is 721. The minimum absolute atomic E-state index is 0.153. The highest BCUT2D eigenvalue weighted by atomic mass is 16.5. The maximum absolute atomic E-state index is 12.3. The van der Waals surface area contributed by atoms with Crippen LogP contribution in [-0.2, 0) is 19.4 Å². The Morgan fingerprint density at radius 2 is 2.23 bits per heavy atom. The zero-order valence-corrected chi connectivity index (χ0v) is 13.1. The van der Waals surface area contributed by atoms with Gasteiger partial charge in [0.15, 0.2) is 5.69 Å². The summed E-state index contributed by atoms with van der Waals surface area (Å²) in [6.07, 6.45) is 4.75. The number of nitrogens with one attached hydrogen (secondary N) is 2. The summed E-state index contributed by atoms with van der Waals surface area (Å²) >= 11 is 0. The molecular formula is C16H20N4O2. The summed E-state index contributed by atoms with van der Waals surface area (Å²) in [5, 5.41) is 10.00. The van der Waals surface area contributed by atoms with E-state index in [-0.39, 0.29) is 5.91 Å². The van der Waals surface area contributed by atoms with Crippen molar-refractivity contribution >= 4 is 5.91 Å². The lowest BCUT2D eigenvalue weighted by Crippen LogP contribution is -2.25. The van der Waals surface area contributed by atoms with Gasteiger partial charge < -0.3 is 10.1 Å². The molecule has 1 aliphatic carbocycles. The lowest BCUT2D eigenvalue weighted by Gasteiger charge is -2.12. The second kappa shape index (κ2) is 5.79. The molecule has 2 aromatic heterocycles. The van der Waals surface area contributed by atoms with Gasteiger partial charge in [0.05, 0.1) is 19.3 Å².